The van der Waals surface area contributed by atoms with E-state index < -0.39 is 0 Å². The molecule has 0 aliphatic carbocycles. The second-order valence-electron chi connectivity index (χ2n) is 3.28. The van der Waals surface area contributed by atoms with Crippen LogP contribution in [-0.2, 0) is 11.4 Å². The first-order valence-corrected chi connectivity index (χ1v) is 5.24. The Labute approximate surface area is 86.5 Å². The van der Waals surface area contributed by atoms with Gasteiger partial charge in [-0.15, -0.1) is 0 Å². The molecule has 0 radical (unpaired) electrons. The summed E-state index contributed by atoms with van der Waals surface area (Å²) >= 11 is 1.24. The van der Waals surface area contributed by atoms with Crippen molar-refractivity contribution in [2.24, 2.45) is 0 Å². The van der Waals surface area contributed by atoms with Crippen molar-refractivity contribution in [2.75, 3.05) is 5.32 Å². The van der Waals surface area contributed by atoms with Crippen molar-refractivity contribution < 1.29 is 9.90 Å². The maximum atomic E-state index is 11.4. The van der Waals surface area contributed by atoms with Crippen LogP contribution in [0.2, 0.25) is 0 Å². The summed E-state index contributed by atoms with van der Waals surface area (Å²) in [4.78, 5) is 12.3. The fourth-order valence-electron chi connectivity index (χ4n) is 1.36. The van der Waals surface area contributed by atoms with Gasteiger partial charge in [0.2, 0.25) is 5.12 Å². The van der Waals surface area contributed by atoms with Crippen LogP contribution in [0.4, 0.5) is 5.69 Å². The van der Waals surface area contributed by atoms with Gasteiger partial charge in [0.15, 0.2) is 0 Å². The Kier molecular flexibility index (Phi) is 2.48. The molecule has 1 atom stereocenters. The third-order valence-electron chi connectivity index (χ3n) is 2.16. The van der Waals surface area contributed by atoms with Crippen molar-refractivity contribution in [3.8, 4) is 0 Å². The number of nitrogens with one attached hydrogen (secondary N) is 1. The highest BCUT2D eigenvalue weighted by Gasteiger charge is 2.22. The molecule has 74 valence electrons. The van der Waals surface area contributed by atoms with Crippen molar-refractivity contribution in [3.63, 3.8) is 0 Å². The molecule has 1 heterocycles. The van der Waals surface area contributed by atoms with Gasteiger partial charge in [0.25, 0.3) is 0 Å². The summed E-state index contributed by atoms with van der Waals surface area (Å²) in [6.45, 7) is 1.86. The molecule has 4 heteroatoms. The average Bonchev–Trinajstić information content (AvgIpc) is 2.19. The monoisotopic (exact) mass is 209 g/mol. The van der Waals surface area contributed by atoms with E-state index in [1.807, 2.05) is 25.1 Å². The van der Waals surface area contributed by atoms with Gasteiger partial charge in [-0.2, -0.15) is 0 Å². The number of rotatable bonds is 1. The number of carbonyl (C=O) groups is 1. The van der Waals surface area contributed by atoms with Crippen molar-refractivity contribution in [1.29, 1.82) is 0 Å². The van der Waals surface area contributed by atoms with Crippen LogP contribution in [0.1, 0.15) is 12.5 Å². The number of benzene rings is 1. The lowest BCUT2D eigenvalue weighted by atomic mass is 10.2. The fraction of sp³-hybridized carbons (Fsp3) is 0.300. The largest absolute Gasteiger partial charge is 0.392 e. The topological polar surface area (TPSA) is 49.3 Å². The second-order valence-corrected chi connectivity index (χ2v) is 4.32. The standard InChI is InChI=1S/C10H11NO2S/c1-6-10(13)14-9-4-7(5-12)2-3-8(9)11-6/h2-4,6,11-12H,5H2,1H3. The molecule has 1 aromatic rings. The second kappa shape index (κ2) is 3.63. The summed E-state index contributed by atoms with van der Waals surface area (Å²) in [6.07, 6.45) is 0. The molecule has 1 unspecified atom stereocenters. The minimum atomic E-state index is -0.132. The molecule has 0 aromatic heterocycles. The van der Waals surface area contributed by atoms with Crippen LogP contribution in [0.5, 0.6) is 0 Å². The number of carbonyl (C=O) groups excluding carboxylic acids is 1. The molecule has 1 aromatic carbocycles. The zero-order chi connectivity index (χ0) is 10.1. The maximum Gasteiger partial charge on any atom is 0.215 e. The Morgan fingerprint density at radius 2 is 2.36 bits per heavy atom. The predicted molar refractivity (Wildman–Crippen MR) is 56.3 cm³/mol. The third-order valence-corrected chi connectivity index (χ3v) is 3.28. The van der Waals surface area contributed by atoms with Crippen LogP contribution in [-0.4, -0.2) is 16.3 Å². The number of hydrogen-bond donors (Lipinski definition) is 2. The van der Waals surface area contributed by atoms with Crippen molar-refractivity contribution in [1.82, 2.24) is 0 Å². The van der Waals surface area contributed by atoms with E-state index in [0.717, 1.165) is 16.1 Å². The third kappa shape index (κ3) is 1.63. The number of hydrogen-bond acceptors (Lipinski definition) is 4. The summed E-state index contributed by atoms with van der Waals surface area (Å²) < 4.78 is 0. The van der Waals surface area contributed by atoms with Gasteiger partial charge in [-0.05, 0) is 36.4 Å². The van der Waals surface area contributed by atoms with E-state index in [2.05, 4.69) is 5.32 Å². The SMILES string of the molecule is CC1Nc2ccc(CO)cc2SC1=O. The molecule has 3 nitrogen and oxygen atoms in total. The molecule has 1 aliphatic rings. The first kappa shape index (κ1) is 9.55. The van der Waals surface area contributed by atoms with E-state index in [9.17, 15) is 4.79 Å². The molecule has 1 aliphatic heterocycles. The highest BCUT2D eigenvalue weighted by atomic mass is 32.2. The van der Waals surface area contributed by atoms with E-state index >= 15 is 0 Å². The minimum Gasteiger partial charge on any atom is -0.392 e. The lowest BCUT2D eigenvalue weighted by Gasteiger charge is -2.22. The number of anilines is 1. The van der Waals surface area contributed by atoms with Gasteiger partial charge < -0.3 is 10.4 Å². The van der Waals surface area contributed by atoms with Gasteiger partial charge in [0, 0.05) is 10.6 Å². The zero-order valence-corrected chi connectivity index (χ0v) is 8.60. The Morgan fingerprint density at radius 1 is 1.57 bits per heavy atom. The predicted octanol–water partition coefficient (Wildman–Crippen LogP) is 1.61. The van der Waals surface area contributed by atoms with Crippen LogP contribution in [0.3, 0.4) is 0 Å². The molecule has 2 rings (SSSR count). The van der Waals surface area contributed by atoms with Crippen LogP contribution in [0, 0.1) is 0 Å². The molecule has 14 heavy (non-hydrogen) atoms. The molecule has 0 spiro atoms. The Bertz CT molecular complexity index is 378. The van der Waals surface area contributed by atoms with Crippen LogP contribution in [0.25, 0.3) is 0 Å². The van der Waals surface area contributed by atoms with E-state index in [1.54, 1.807) is 0 Å². The highest BCUT2D eigenvalue weighted by molar-refractivity contribution is 8.14. The number of aliphatic hydroxyl groups is 1. The van der Waals surface area contributed by atoms with E-state index in [0.29, 0.717) is 0 Å². The Balaban J connectivity index is 2.37. The summed E-state index contributed by atoms with van der Waals surface area (Å²) in [5.74, 6) is 0. The van der Waals surface area contributed by atoms with Gasteiger partial charge >= 0.3 is 0 Å². The van der Waals surface area contributed by atoms with E-state index in [4.69, 9.17) is 5.11 Å². The normalized spacial score (nSPS) is 20.1. The summed E-state index contributed by atoms with van der Waals surface area (Å²) in [6, 6.07) is 5.47. The van der Waals surface area contributed by atoms with Gasteiger partial charge in [-0.25, -0.2) is 0 Å². The van der Waals surface area contributed by atoms with Crippen molar-refractivity contribution in [3.05, 3.63) is 23.8 Å². The molecule has 2 N–H and O–H groups in total. The van der Waals surface area contributed by atoms with Crippen LogP contribution < -0.4 is 5.32 Å². The van der Waals surface area contributed by atoms with Crippen molar-refractivity contribution >= 4 is 22.6 Å². The Hall–Kier alpha value is -1.00. The molecule has 0 bridgehead atoms. The van der Waals surface area contributed by atoms with E-state index in [-0.39, 0.29) is 17.8 Å². The van der Waals surface area contributed by atoms with Crippen LogP contribution >= 0.6 is 11.8 Å². The molecule has 0 saturated heterocycles. The van der Waals surface area contributed by atoms with Crippen molar-refractivity contribution in [2.45, 2.75) is 24.5 Å². The molecule has 0 amide bonds. The fourth-order valence-corrected chi connectivity index (χ4v) is 2.26. The minimum absolute atomic E-state index is 0.0115. The Morgan fingerprint density at radius 3 is 3.07 bits per heavy atom. The zero-order valence-electron chi connectivity index (χ0n) is 7.78. The van der Waals surface area contributed by atoms with Gasteiger partial charge in [0.1, 0.15) is 0 Å². The maximum absolute atomic E-state index is 11.4. The molecular formula is C10H11NO2S. The first-order chi connectivity index (χ1) is 6.70. The summed E-state index contributed by atoms with van der Waals surface area (Å²) in [5, 5.41) is 12.2. The highest BCUT2D eigenvalue weighted by Crippen LogP contribution is 2.34. The summed E-state index contributed by atoms with van der Waals surface area (Å²) in [7, 11) is 0. The number of aliphatic hydroxyl groups excluding tert-OH is 1. The first-order valence-electron chi connectivity index (χ1n) is 4.42. The number of thioether (sulfide) groups is 1. The smallest absolute Gasteiger partial charge is 0.215 e. The molecule has 0 saturated carbocycles. The van der Waals surface area contributed by atoms with Gasteiger partial charge in [-0.1, -0.05) is 6.07 Å². The summed E-state index contributed by atoms with van der Waals surface area (Å²) in [5.41, 5.74) is 1.81. The molecular weight excluding hydrogens is 198 g/mol. The molecule has 0 fully saturated rings. The van der Waals surface area contributed by atoms with Crippen LogP contribution in [0.15, 0.2) is 23.1 Å². The quantitative estimate of drug-likeness (QED) is 0.737. The average molecular weight is 209 g/mol. The van der Waals surface area contributed by atoms with Gasteiger partial charge in [-0.3, -0.25) is 4.79 Å². The number of fused-ring (bicyclic) bond motifs is 1. The van der Waals surface area contributed by atoms with Gasteiger partial charge in [0.05, 0.1) is 12.6 Å². The lowest BCUT2D eigenvalue weighted by molar-refractivity contribution is -0.111. The lowest BCUT2D eigenvalue weighted by Crippen LogP contribution is -2.27. The van der Waals surface area contributed by atoms with E-state index in [1.165, 1.54) is 11.8 Å².